The van der Waals surface area contributed by atoms with Gasteiger partial charge < -0.3 is 10.2 Å². The lowest BCUT2D eigenvalue weighted by atomic mass is 9.91. The number of likely N-dealkylation sites (N-methyl/N-ethyl adjacent to an activating group) is 1. The van der Waals surface area contributed by atoms with Crippen molar-refractivity contribution in [3.8, 4) is 0 Å². The smallest absolute Gasteiger partial charge is 0.239 e. The number of carbonyl (C=O) groups is 1. The van der Waals surface area contributed by atoms with Crippen LogP contribution in [0.4, 0.5) is 0 Å². The first-order valence-electron chi connectivity index (χ1n) is 7.12. The number of carbonyl (C=O) groups excluding carboxylic acids is 1. The normalized spacial score (nSPS) is 25.0. The molecular formula is C15H24N2OS. The van der Waals surface area contributed by atoms with E-state index in [0.717, 1.165) is 19.4 Å². The second-order valence-electron chi connectivity index (χ2n) is 5.63. The Morgan fingerprint density at radius 3 is 3.05 bits per heavy atom. The summed E-state index contributed by atoms with van der Waals surface area (Å²) >= 11 is 1.76. The molecule has 0 aliphatic carbocycles. The lowest BCUT2D eigenvalue weighted by Crippen LogP contribution is -2.53. The number of hydrogen-bond acceptors (Lipinski definition) is 3. The van der Waals surface area contributed by atoms with Crippen LogP contribution in [-0.2, 0) is 11.2 Å². The quantitative estimate of drug-likeness (QED) is 0.919. The molecule has 4 heteroatoms. The molecule has 1 saturated heterocycles. The second kappa shape index (κ2) is 6.53. The summed E-state index contributed by atoms with van der Waals surface area (Å²) in [5.74, 6) is 0.689. The van der Waals surface area contributed by atoms with Crippen LogP contribution < -0.4 is 5.32 Å². The molecule has 106 valence electrons. The molecular weight excluding hydrogens is 256 g/mol. The van der Waals surface area contributed by atoms with Gasteiger partial charge in [-0.2, -0.15) is 0 Å². The monoisotopic (exact) mass is 280 g/mol. The Morgan fingerprint density at radius 1 is 1.63 bits per heavy atom. The Kier molecular flexibility index (Phi) is 4.99. The molecule has 1 N–H and O–H groups in total. The first kappa shape index (κ1) is 14.5. The topological polar surface area (TPSA) is 32.3 Å². The van der Waals surface area contributed by atoms with Gasteiger partial charge in [-0.25, -0.2) is 0 Å². The molecule has 1 amide bonds. The van der Waals surface area contributed by atoms with Gasteiger partial charge in [-0.05, 0) is 43.7 Å². The minimum atomic E-state index is 0.00420. The van der Waals surface area contributed by atoms with Gasteiger partial charge in [0.15, 0.2) is 0 Å². The maximum absolute atomic E-state index is 12.5. The van der Waals surface area contributed by atoms with E-state index in [1.54, 1.807) is 11.3 Å². The van der Waals surface area contributed by atoms with E-state index in [1.807, 2.05) is 11.9 Å². The van der Waals surface area contributed by atoms with E-state index >= 15 is 0 Å². The predicted octanol–water partition coefficient (Wildman–Crippen LogP) is 2.53. The molecule has 19 heavy (non-hydrogen) atoms. The molecule has 3 unspecified atom stereocenters. The number of rotatable bonds is 4. The van der Waals surface area contributed by atoms with E-state index in [1.165, 1.54) is 11.3 Å². The van der Waals surface area contributed by atoms with Crippen LogP contribution in [0.1, 0.15) is 31.6 Å². The summed E-state index contributed by atoms with van der Waals surface area (Å²) in [6, 6.07) is 4.46. The number of hydrogen-bond donors (Lipinski definition) is 1. The Balaban J connectivity index is 1.93. The van der Waals surface area contributed by atoms with Gasteiger partial charge >= 0.3 is 0 Å². The van der Waals surface area contributed by atoms with Crippen molar-refractivity contribution < 1.29 is 4.79 Å². The number of piperidine rings is 1. The average Bonchev–Trinajstić information content (AvgIpc) is 2.90. The molecule has 0 spiro atoms. The molecule has 1 fully saturated rings. The van der Waals surface area contributed by atoms with Crippen molar-refractivity contribution in [3.63, 3.8) is 0 Å². The van der Waals surface area contributed by atoms with E-state index in [-0.39, 0.29) is 18.0 Å². The Bertz CT molecular complexity index is 404. The van der Waals surface area contributed by atoms with Crippen molar-refractivity contribution in [3.05, 3.63) is 22.4 Å². The van der Waals surface area contributed by atoms with Gasteiger partial charge in [-0.15, -0.1) is 11.3 Å². The summed E-state index contributed by atoms with van der Waals surface area (Å²) < 4.78 is 0. The zero-order chi connectivity index (χ0) is 13.8. The van der Waals surface area contributed by atoms with Crippen molar-refractivity contribution in [1.82, 2.24) is 10.2 Å². The van der Waals surface area contributed by atoms with Gasteiger partial charge in [0.1, 0.15) is 0 Å². The van der Waals surface area contributed by atoms with Crippen molar-refractivity contribution in [2.24, 2.45) is 5.92 Å². The lowest BCUT2D eigenvalue weighted by molar-refractivity contribution is -0.135. The molecule has 0 aromatic carbocycles. The van der Waals surface area contributed by atoms with Crippen molar-refractivity contribution in [2.75, 3.05) is 13.6 Å². The molecule has 2 rings (SSSR count). The van der Waals surface area contributed by atoms with Crippen LogP contribution in [0.3, 0.4) is 0 Å². The predicted molar refractivity (Wildman–Crippen MR) is 80.4 cm³/mol. The van der Waals surface area contributed by atoms with Gasteiger partial charge in [0, 0.05) is 24.4 Å². The molecule has 2 heterocycles. The molecule has 3 atom stereocenters. The molecule has 0 bridgehead atoms. The number of nitrogens with one attached hydrogen (secondary N) is 1. The third-order valence-electron chi connectivity index (χ3n) is 4.12. The van der Waals surface area contributed by atoms with Crippen molar-refractivity contribution >= 4 is 17.2 Å². The highest BCUT2D eigenvalue weighted by Crippen LogP contribution is 2.19. The summed E-state index contributed by atoms with van der Waals surface area (Å²) in [5.41, 5.74) is 0. The largest absolute Gasteiger partial charge is 0.341 e. The molecule has 1 aromatic rings. The minimum absolute atomic E-state index is 0.00420. The van der Waals surface area contributed by atoms with Crippen LogP contribution in [0, 0.1) is 5.92 Å². The summed E-state index contributed by atoms with van der Waals surface area (Å²) in [7, 11) is 1.93. The molecule has 1 aliphatic rings. The maximum atomic E-state index is 12.5. The molecule has 3 nitrogen and oxygen atoms in total. The number of thiophene rings is 1. The Morgan fingerprint density at radius 2 is 2.42 bits per heavy atom. The fraction of sp³-hybridized carbons (Fsp3) is 0.667. The maximum Gasteiger partial charge on any atom is 0.239 e. The summed E-state index contributed by atoms with van der Waals surface area (Å²) in [4.78, 5) is 15.8. The van der Waals surface area contributed by atoms with Gasteiger partial charge in [-0.3, -0.25) is 4.79 Å². The SMILES string of the molecule is CC1CCCNC1C(=O)N(C)C(C)Cc1cccs1. The second-order valence-corrected chi connectivity index (χ2v) is 6.67. The van der Waals surface area contributed by atoms with Crippen LogP contribution in [-0.4, -0.2) is 36.5 Å². The van der Waals surface area contributed by atoms with Crippen molar-refractivity contribution in [2.45, 2.75) is 45.2 Å². The molecule has 1 aromatic heterocycles. The molecule has 0 radical (unpaired) electrons. The highest BCUT2D eigenvalue weighted by atomic mass is 32.1. The van der Waals surface area contributed by atoms with Crippen LogP contribution >= 0.6 is 11.3 Å². The highest BCUT2D eigenvalue weighted by molar-refractivity contribution is 7.09. The summed E-state index contributed by atoms with van der Waals surface area (Å²) in [5, 5.41) is 5.47. The fourth-order valence-electron chi connectivity index (χ4n) is 2.67. The van der Waals surface area contributed by atoms with Crippen LogP contribution in [0.2, 0.25) is 0 Å². The first-order valence-corrected chi connectivity index (χ1v) is 8.00. The number of nitrogens with zero attached hydrogens (tertiary/aromatic N) is 1. The fourth-order valence-corrected chi connectivity index (χ4v) is 3.50. The van der Waals surface area contributed by atoms with E-state index in [4.69, 9.17) is 0 Å². The average molecular weight is 280 g/mol. The third kappa shape index (κ3) is 3.57. The third-order valence-corrected chi connectivity index (χ3v) is 5.02. The van der Waals surface area contributed by atoms with Crippen LogP contribution in [0.25, 0.3) is 0 Å². The van der Waals surface area contributed by atoms with Crippen LogP contribution in [0.15, 0.2) is 17.5 Å². The Hall–Kier alpha value is -0.870. The van der Waals surface area contributed by atoms with Gasteiger partial charge in [0.2, 0.25) is 5.91 Å². The van der Waals surface area contributed by atoms with Gasteiger partial charge in [0.25, 0.3) is 0 Å². The van der Waals surface area contributed by atoms with Gasteiger partial charge in [-0.1, -0.05) is 13.0 Å². The zero-order valence-electron chi connectivity index (χ0n) is 12.1. The lowest BCUT2D eigenvalue weighted by Gasteiger charge is -2.34. The van der Waals surface area contributed by atoms with E-state index in [2.05, 4.69) is 36.7 Å². The summed E-state index contributed by atoms with van der Waals surface area (Å²) in [6.07, 6.45) is 3.27. The molecule has 0 saturated carbocycles. The highest BCUT2D eigenvalue weighted by Gasteiger charge is 2.31. The van der Waals surface area contributed by atoms with Crippen molar-refractivity contribution in [1.29, 1.82) is 0 Å². The van der Waals surface area contributed by atoms with E-state index in [0.29, 0.717) is 5.92 Å². The van der Waals surface area contributed by atoms with Crippen LogP contribution in [0.5, 0.6) is 0 Å². The van der Waals surface area contributed by atoms with E-state index < -0.39 is 0 Å². The Labute approximate surface area is 120 Å². The zero-order valence-corrected chi connectivity index (χ0v) is 12.9. The minimum Gasteiger partial charge on any atom is -0.341 e. The first-order chi connectivity index (χ1) is 9.09. The molecule has 1 aliphatic heterocycles. The number of amides is 1. The standard InChI is InChI=1S/C15H24N2OS/c1-11-6-4-8-16-14(11)15(18)17(3)12(2)10-13-7-5-9-19-13/h5,7,9,11-12,14,16H,4,6,8,10H2,1-3H3. The van der Waals surface area contributed by atoms with E-state index in [9.17, 15) is 4.79 Å². The van der Waals surface area contributed by atoms with Gasteiger partial charge in [0.05, 0.1) is 6.04 Å². The summed E-state index contributed by atoms with van der Waals surface area (Å²) in [6.45, 7) is 5.27.